The van der Waals surface area contributed by atoms with E-state index in [1.165, 1.54) is 57.9 Å². The molecule has 1 saturated heterocycles. The van der Waals surface area contributed by atoms with Gasteiger partial charge in [-0.15, -0.1) is 0 Å². The van der Waals surface area contributed by atoms with Gasteiger partial charge in [0.25, 0.3) is 0 Å². The molecule has 0 aromatic rings. The Morgan fingerprint density at radius 3 is 2.17 bits per heavy atom. The Bertz CT molecular complexity index is 105. The molecule has 1 aliphatic heterocycles. The van der Waals surface area contributed by atoms with Gasteiger partial charge in [-0.05, 0) is 32.1 Å². The SMILES string of the molecule is C1CCC([C@@H]2CCCC[NH2+]2)CC1. The highest BCUT2D eigenvalue weighted by Gasteiger charge is 2.27. The van der Waals surface area contributed by atoms with Gasteiger partial charge in [0.1, 0.15) is 0 Å². The molecule has 1 aliphatic carbocycles. The van der Waals surface area contributed by atoms with Gasteiger partial charge in [-0.2, -0.15) is 0 Å². The zero-order chi connectivity index (χ0) is 8.23. The molecular formula is C11H22N+. The van der Waals surface area contributed by atoms with E-state index >= 15 is 0 Å². The summed E-state index contributed by atoms with van der Waals surface area (Å²) in [5, 5.41) is 2.62. The number of hydrogen-bond donors (Lipinski definition) is 1. The maximum atomic E-state index is 2.62. The molecule has 0 radical (unpaired) electrons. The van der Waals surface area contributed by atoms with Crippen LogP contribution in [0.2, 0.25) is 0 Å². The van der Waals surface area contributed by atoms with E-state index in [0.717, 1.165) is 12.0 Å². The van der Waals surface area contributed by atoms with Crippen LogP contribution in [0.3, 0.4) is 0 Å². The molecule has 1 nitrogen and oxygen atoms in total. The van der Waals surface area contributed by atoms with E-state index in [4.69, 9.17) is 0 Å². The fraction of sp³-hybridized carbons (Fsp3) is 1.00. The molecular weight excluding hydrogens is 146 g/mol. The highest BCUT2D eigenvalue weighted by molar-refractivity contribution is 4.73. The van der Waals surface area contributed by atoms with Crippen LogP contribution in [0.1, 0.15) is 51.4 Å². The van der Waals surface area contributed by atoms with Crippen molar-refractivity contribution >= 4 is 0 Å². The largest absolute Gasteiger partial charge is 0.344 e. The first-order valence-corrected chi connectivity index (χ1v) is 5.80. The van der Waals surface area contributed by atoms with Crippen LogP contribution in [-0.2, 0) is 0 Å². The molecule has 2 fully saturated rings. The van der Waals surface area contributed by atoms with Crippen molar-refractivity contribution in [2.24, 2.45) is 5.92 Å². The van der Waals surface area contributed by atoms with Gasteiger partial charge >= 0.3 is 0 Å². The second kappa shape index (κ2) is 4.27. The summed E-state index contributed by atoms with van der Waals surface area (Å²) in [7, 11) is 0. The molecule has 2 rings (SSSR count). The second-order valence-electron chi connectivity index (χ2n) is 4.58. The van der Waals surface area contributed by atoms with Gasteiger partial charge in [0, 0.05) is 5.92 Å². The molecule has 0 aromatic carbocycles. The quantitative estimate of drug-likeness (QED) is 0.613. The van der Waals surface area contributed by atoms with Crippen molar-refractivity contribution < 1.29 is 5.32 Å². The minimum atomic E-state index is 1.01. The predicted molar refractivity (Wildman–Crippen MR) is 51.0 cm³/mol. The van der Waals surface area contributed by atoms with Gasteiger partial charge in [-0.25, -0.2) is 0 Å². The molecule has 70 valence electrons. The van der Waals surface area contributed by atoms with Gasteiger partial charge in [0.2, 0.25) is 0 Å². The molecule has 2 N–H and O–H groups in total. The lowest BCUT2D eigenvalue weighted by Crippen LogP contribution is -2.92. The van der Waals surface area contributed by atoms with Crippen LogP contribution in [0.4, 0.5) is 0 Å². The fourth-order valence-electron chi connectivity index (χ4n) is 2.96. The normalized spacial score (nSPS) is 33.5. The molecule has 0 amide bonds. The third-order valence-electron chi connectivity index (χ3n) is 3.72. The minimum Gasteiger partial charge on any atom is -0.344 e. The molecule has 1 heteroatoms. The molecule has 0 bridgehead atoms. The minimum absolute atomic E-state index is 1.01. The Balaban J connectivity index is 1.80. The van der Waals surface area contributed by atoms with E-state index in [-0.39, 0.29) is 0 Å². The Hall–Kier alpha value is -0.0400. The van der Waals surface area contributed by atoms with Crippen molar-refractivity contribution in [2.45, 2.75) is 57.4 Å². The van der Waals surface area contributed by atoms with E-state index in [1.807, 2.05) is 0 Å². The average molecular weight is 168 g/mol. The first-order chi connectivity index (χ1) is 5.97. The lowest BCUT2D eigenvalue weighted by molar-refractivity contribution is -0.704. The van der Waals surface area contributed by atoms with Crippen molar-refractivity contribution in [3.8, 4) is 0 Å². The van der Waals surface area contributed by atoms with Crippen LogP contribution in [0.25, 0.3) is 0 Å². The second-order valence-corrected chi connectivity index (χ2v) is 4.58. The Morgan fingerprint density at radius 1 is 0.750 bits per heavy atom. The highest BCUT2D eigenvalue weighted by atomic mass is 14.9. The Morgan fingerprint density at radius 2 is 1.50 bits per heavy atom. The van der Waals surface area contributed by atoms with Crippen LogP contribution in [0.5, 0.6) is 0 Å². The van der Waals surface area contributed by atoms with Gasteiger partial charge in [0.15, 0.2) is 0 Å². The number of rotatable bonds is 1. The van der Waals surface area contributed by atoms with E-state index < -0.39 is 0 Å². The van der Waals surface area contributed by atoms with E-state index in [2.05, 4.69) is 5.32 Å². The van der Waals surface area contributed by atoms with Gasteiger partial charge in [-0.3, -0.25) is 0 Å². The monoisotopic (exact) mass is 168 g/mol. The van der Waals surface area contributed by atoms with Gasteiger partial charge in [0.05, 0.1) is 12.6 Å². The first kappa shape index (κ1) is 8.55. The van der Waals surface area contributed by atoms with Gasteiger partial charge in [-0.1, -0.05) is 19.3 Å². The van der Waals surface area contributed by atoms with Crippen LogP contribution >= 0.6 is 0 Å². The summed E-state index contributed by atoms with van der Waals surface area (Å²) in [4.78, 5) is 0. The lowest BCUT2D eigenvalue weighted by atomic mass is 9.81. The van der Waals surface area contributed by atoms with Crippen LogP contribution < -0.4 is 5.32 Å². The van der Waals surface area contributed by atoms with Crippen molar-refractivity contribution in [3.63, 3.8) is 0 Å². The molecule has 0 unspecified atom stereocenters. The highest BCUT2D eigenvalue weighted by Crippen LogP contribution is 2.27. The molecule has 1 heterocycles. The summed E-state index contributed by atoms with van der Waals surface area (Å²) < 4.78 is 0. The fourth-order valence-corrected chi connectivity index (χ4v) is 2.96. The summed E-state index contributed by atoms with van der Waals surface area (Å²) in [6, 6.07) is 1.01. The number of quaternary nitrogens is 1. The average Bonchev–Trinajstić information content (AvgIpc) is 2.21. The first-order valence-electron chi connectivity index (χ1n) is 5.80. The summed E-state index contributed by atoms with van der Waals surface area (Å²) in [5.74, 6) is 1.08. The molecule has 2 aliphatic rings. The number of piperidine rings is 1. The van der Waals surface area contributed by atoms with E-state index in [1.54, 1.807) is 0 Å². The summed E-state index contributed by atoms with van der Waals surface area (Å²) in [6.45, 7) is 1.40. The molecule has 0 spiro atoms. The maximum absolute atomic E-state index is 2.62. The Kier molecular flexibility index (Phi) is 3.04. The third kappa shape index (κ3) is 2.01. The molecule has 12 heavy (non-hydrogen) atoms. The maximum Gasteiger partial charge on any atom is 0.0887 e. The summed E-state index contributed by atoms with van der Waals surface area (Å²) in [5.41, 5.74) is 0. The lowest BCUT2D eigenvalue weighted by Gasteiger charge is -2.30. The van der Waals surface area contributed by atoms with Crippen LogP contribution in [0, 0.1) is 5.92 Å². The molecule has 0 aromatic heterocycles. The van der Waals surface area contributed by atoms with E-state index in [0.29, 0.717) is 0 Å². The standard InChI is InChI=1S/C11H21N/c1-2-6-10(7-3-1)11-8-4-5-9-12-11/h10-12H,1-9H2/p+1/t11-/m0/s1. The van der Waals surface area contributed by atoms with Crippen LogP contribution in [-0.4, -0.2) is 12.6 Å². The van der Waals surface area contributed by atoms with Gasteiger partial charge < -0.3 is 5.32 Å². The zero-order valence-electron chi connectivity index (χ0n) is 8.10. The molecule has 1 saturated carbocycles. The summed E-state index contributed by atoms with van der Waals surface area (Å²) >= 11 is 0. The van der Waals surface area contributed by atoms with E-state index in [9.17, 15) is 0 Å². The van der Waals surface area contributed by atoms with Crippen molar-refractivity contribution in [1.29, 1.82) is 0 Å². The van der Waals surface area contributed by atoms with Crippen LogP contribution in [0.15, 0.2) is 0 Å². The van der Waals surface area contributed by atoms with Crippen molar-refractivity contribution in [3.05, 3.63) is 0 Å². The predicted octanol–water partition coefficient (Wildman–Crippen LogP) is 1.68. The molecule has 1 atom stereocenters. The summed E-state index contributed by atoms with van der Waals surface area (Å²) in [6.07, 6.45) is 12.0. The smallest absolute Gasteiger partial charge is 0.0887 e. The zero-order valence-corrected chi connectivity index (χ0v) is 8.10. The Labute approximate surface area is 75.9 Å². The van der Waals surface area contributed by atoms with Crippen molar-refractivity contribution in [2.75, 3.05) is 6.54 Å². The third-order valence-corrected chi connectivity index (χ3v) is 3.72. The number of hydrogen-bond acceptors (Lipinski definition) is 0. The number of nitrogens with two attached hydrogens (primary N) is 1. The van der Waals surface area contributed by atoms with Crippen molar-refractivity contribution in [1.82, 2.24) is 0 Å². The topological polar surface area (TPSA) is 16.6 Å².